The number of rotatable bonds is 4. The zero-order valence-corrected chi connectivity index (χ0v) is 10.0. The van der Waals surface area contributed by atoms with Crippen molar-refractivity contribution in [2.24, 2.45) is 0 Å². The quantitative estimate of drug-likeness (QED) is 0.309. The molecule has 1 heterocycles. The first-order chi connectivity index (χ1) is 8.58. The third-order valence-electron chi connectivity index (χ3n) is 2.48. The van der Waals surface area contributed by atoms with E-state index in [-0.39, 0.29) is 0 Å². The number of alkyl halides is 2. The van der Waals surface area contributed by atoms with Crippen LogP contribution in [0.4, 0.5) is 8.78 Å². The lowest BCUT2D eigenvalue weighted by atomic mass is 9.99. The van der Waals surface area contributed by atoms with E-state index in [1.807, 2.05) is 0 Å². The lowest BCUT2D eigenvalue weighted by Crippen LogP contribution is -2.60. The van der Waals surface area contributed by atoms with Gasteiger partial charge in [-0.25, -0.2) is 4.52 Å². The van der Waals surface area contributed by atoms with Crippen molar-refractivity contribution in [1.29, 1.82) is 0 Å². The van der Waals surface area contributed by atoms with Gasteiger partial charge in [0.2, 0.25) is 0 Å². The van der Waals surface area contributed by atoms with Crippen LogP contribution in [-0.2, 0) is 13.8 Å². The van der Waals surface area contributed by atoms with Crippen LogP contribution in [0.15, 0.2) is 0 Å². The summed E-state index contributed by atoms with van der Waals surface area (Å²) in [5, 5.41) is 46.3. The van der Waals surface area contributed by atoms with Gasteiger partial charge in [-0.1, -0.05) is 0 Å². The summed E-state index contributed by atoms with van der Waals surface area (Å²) in [7, 11) is -5.30. The van der Waals surface area contributed by atoms with E-state index < -0.39 is 50.8 Å². The molecule has 1 aliphatic heterocycles. The molecule has 1 fully saturated rings. The highest BCUT2D eigenvalue weighted by molar-refractivity contribution is 7.53. The highest BCUT2D eigenvalue weighted by Gasteiger charge is 2.51. The van der Waals surface area contributed by atoms with Crippen molar-refractivity contribution < 1.29 is 53.0 Å². The summed E-state index contributed by atoms with van der Waals surface area (Å²) < 4.78 is 42.7. The number of halogens is 2. The van der Waals surface area contributed by atoms with Gasteiger partial charge in [-0.2, -0.15) is 8.78 Å². The highest BCUT2D eigenvalue weighted by atomic mass is 31.2. The Labute approximate surface area is 105 Å². The maximum absolute atomic E-state index is 11.9. The van der Waals surface area contributed by atoms with Crippen molar-refractivity contribution >= 4 is 7.60 Å². The van der Waals surface area contributed by atoms with Crippen LogP contribution in [0.1, 0.15) is 0 Å². The van der Waals surface area contributed by atoms with Crippen LogP contribution in [-0.4, -0.2) is 73.6 Å². The summed E-state index contributed by atoms with van der Waals surface area (Å²) in [6, 6.07) is 0. The zero-order chi connectivity index (χ0) is 15.0. The molecule has 2 unspecified atom stereocenters. The molecule has 0 aromatic heterocycles. The minimum absolute atomic E-state index is 1.94. The van der Waals surface area contributed by atoms with Gasteiger partial charge in [-0.3, -0.25) is 4.57 Å². The van der Waals surface area contributed by atoms with Crippen LogP contribution in [0.3, 0.4) is 0 Å². The summed E-state index contributed by atoms with van der Waals surface area (Å²) in [6.07, 6.45) is -10.3. The summed E-state index contributed by atoms with van der Waals surface area (Å²) >= 11 is 0. The van der Waals surface area contributed by atoms with Crippen LogP contribution in [0.25, 0.3) is 0 Å². The van der Waals surface area contributed by atoms with Crippen molar-refractivity contribution in [1.82, 2.24) is 0 Å². The molecule has 1 rings (SSSR count). The minimum Gasteiger partial charge on any atom is -0.387 e. The topological polar surface area (TPSA) is 157 Å². The zero-order valence-electron chi connectivity index (χ0n) is 9.15. The number of ether oxygens (including phenoxy) is 1. The van der Waals surface area contributed by atoms with Crippen molar-refractivity contribution in [3.05, 3.63) is 0 Å². The van der Waals surface area contributed by atoms with Gasteiger partial charge in [0.05, 0.1) is 0 Å². The van der Waals surface area contributed by atoms with Gasteiger partial charge in [-0.15, -0.1) is 0 Å². The van der Waals surface area contributed by atoms with E-state index in [2.05, 4.69) is 9.26 Å². The maximum atomic E-state index is 11.9. The average molecular weight is 310 g/mol. The normalized spacial score (nSPS) is 41.0. The van der Waals surface area contributed by atoms with E-state index in [4.69, 9.17) is 15.1 Å². The molecule has 12 heteroatoms. The third kappa shape index (κ3) is 3.66. The summed E-state index contributed by atoms with van der Waals surface area (Å²) in [4.78, 5) is 9.05. The molecule has 0 aromatic rings. The van der Waals surface area contributed by atoms with Crippen LogP contribution in [0, 0.1) is 0 Å². The first-order valence-electron chi connectivity index (χ1n) is 4.92. The third-order valence-corrected chi connectivity index (χ3v) is 3.91. The van der Waals surface area contributed by atoms with Gasteiger partial charge in [0, 0.05) is 0 Å². The van der Waals surface area contributed by atoms with Crippen LogP contribution >= 0.6 is 7.60 Å². The summed E-state index contributed by atoms with van der Waals surface area (Å²) in [5.41, 5.74) is 0. The molecule has 6 N–H and O–H groups in total. The number of aliphatic hydroxyl groups excluding tert-OH is 5. The van der Waals surface area contributed by atoms with Crippen LogP contribution in [0.2, 0.25) is 0 Å². The molecule has 0 radical (unpaired) electrons. The smallest absolute Gasteiger partial charge is 0.363 e. The fourth-order valence-electron chi connectivity index (χ4n) is 1.50. The molecule has 0 spiro atoms. The molecule has 0 aliphatic carbocycles. The summed E-state index contributed by atoms with van der Waals surface area (Å²) in [5.74, 6) is -2.66. The molecule has 0 saturated carbocycles. The molecule has 9 nitrogen and oxygen atoms in total. The standard InChI is InChI=1S/C7H13F2O9P/c8-7(9)18-19(15,16)6(14)4-2(11)1(10)3(12)5(13)17-4/h1-7,10-14H,(H,15,16)/t1-,2-,3-,4-,5-,6?/m0/s1. The predicted octanol–water partition coefficient (Wildman–Crippen LogP) is -2.47. The molecular formula is C7H13F2O9P. The summed E-state index contributed by atoms with van der Waals surface area (Å²) in [6.45, 7) is -3.67. The Morgan fingerprint density at radius 3 is 2.11 bits per heavy atom. The lowest BCUT2D eigenvalue weighted by Gasteiger charge is -2.40. The Morgan fingerprint density at radius 2 is 1.63 bits per heavy atom. The van der Waals surface area contributed by atoms with E-state index in [0.29, 0.717) is 0 Å². The Balaban J connectivity index is 2.86. The number of hydrogen-bond donors (Lipinski definition) is 6. The van der Waals surface area contributed by atoms with Gasteiger partial charge < -0.3 is 35.2 Å². The fraction of sp³-hybridized carbons (Fsp3) is 1.00. The second-order valence-corrected chi connectivity index (χ2v) is 5.67. The number of aliphatic hydroxyl groups is 5. The fourth-order valence-corrected chi connectivity index (χ4v) is 2.47. The second-order valence-electron chi connectivity index (χ2n) is 3.81. The highest BCUT2D eigenvalue weighted by Crippen LogP contribution is 2.51. The monoisotopic (exact) mass is 310 g/mol. The molecule has 7 atom stereocenters. The van der Waals surface area contributed by atoms with E-state index in [1.165, 1.54) is 0 Å². The molecule has 114 valence electrons. The van der Waals surface area contributed by atoms with Gasteiger partial charge in [0.15, 0.2) is 12.1 Å². The molecule has 0 aromatic carbocycles. The first-order valence-corrected chi connectivity index (χ1v) is 6.57. The average Bonchev–Trinajstić information content (AvgIpc) is 2.28. The van der Waals surface area contributed by atoms with Gasteiger partial charge in [-0.05, 0) is 0 Å². The van der Waals surface area contributed by atoms with E-state index in [1.54, 1.807) is 0 Å². The van der Waals surface area contributed by atoms with Gasteiger partial charge >= 0.3 is 14.2 Å². The molecule has 1 saturated heterocycles. The number of hydrogen-bond acceptors (Lipinski definition) is 8. The molecule has 19 heavy (non-hydrogen) atoms. The largest absolute Gasteiger partial charge is 0.387 e. The first kappa shape index (κ1) is 16.8. The van der Waals surface area contributed by atoms with E-state index >= 15 is 0 Å². The molecular weight excluding hydrogens is 297 g/mol. The Morgan fingerprint density at radius 1 is 1.11 bits per heavy atom. The Kier molecular flexibility index (Phi) is 5.35. The van der Waals surface area contributed by atoms with Crippen molar-refractivity contribution in [2.75, 3.05) is 0 Å². The van der Waals surface area contributed by atoms with Gasteiger partial charge in [0.1, 0.15) is 24.4 Å². The van der Waals surface area contributed by atoms with E-state index in [0.717, 1.165) is 0 Å². The Hall–Kier alpha value is -0.230. The predicted molar refractivity (Wildman–Crippen MR) is 51.8 cm³/mol. The van der Waals surface area contributed by atoms with Crippen molar-refractivity contribution in [3.63, 3.8) is 0 Å². The molecule has 1 aliphatic rings. The van der Waals surface area contributed by atoms with Crippen molar-refractivity contribution in [3.8, 4) is 0 Å². The Bertz CT molecular complexity index is 355. The van der Waals surface area contributed by atoms with Gasteiger partial charge in [0.25, 0.3) is 0 Å². The van der Waals surface area contributed by atoms with Crippen LogP contribution in [0.5, 0.6) is 0 Å². The molecule has 0 amide bonds. The second kappa shape index (κ2) is 6.04. The molecule has 0 bridgehead atoms. The SMILES string of the molecule is O=P(O)(OC(F)F)C(O)[C@H]1O[C@H](O)[C@@H](O)[C@@H](O)[C@@H]1O. The van der Waals surface area contributed by atoms with Crippen LogP contribution < -0.4 is 0 Å². The maximum Gasteiger partial charge on any atom is 0.363 e. The van der Waals surface area contributed by atoms with E-state index in [9.17, 15) is 28.7 Å². The lowest BCUT2D eigenvalue weighted by molar-refractivity contribution is -0.291. The minimum atomic E-state index is -5.30. The van der Waals surface area contributed by atoms with Crippen molar-refractivity contribution in [2.45, 2.75) is 43.2 Å².